The maximum absolute atomic E-state index is 6.41. The fourth-order valence-electron chi connectivity index (χ4n) is 5.56. The van der Waals surface area contributed by atoms with Gasteiger partial charge in [-0.2, -0.15) is 0 Å². The van der Waals surface area contributed by atoms with Crippen LogP contribution in [-0.4, -0.2) is 4.98 Å². The number of rotatable bonds is 4. The summed E-state index contributed by atoms with van der Waals surface area (Å²) in [4.78, 5) is 4.85. The van der Waals surface area contributed by atoms with Gasteiger partial charge in [0.15, 0.2) is 5.58 Å². The highest BCUT2D eigenvalue weighted by molar-refractivity contribution is 6.09. The molecule has 0 N–H and O–H groups in total. The normalized spacial score (nSPS) is 11.5. The first-order valence-electron chi connectivity index (χ1n) is 13.4. The molecule has 3 heteroatoms. The van der Waals surface area contributed by atoms with Crippen molar-refractivity contribution in [1.82, 2.24) is 4.98 Å². The Kier molecular flexibility index (Phi) is 5.14. The molecule has 188 valence electrons. The number of aromatic nitrogens is 1. The summed E-state index contributed by atoms with van der Waals surface area (Å²) in [5.74, 6) is 0.607. The summed E-state index contributed by atoms with van der Waals surface area (Å²) in [5, 5.41) is 2.26. The van der Waals surface area contributed by atoms with Gasteiger partial charge in [-0.15, -0.1) is 0 Å². The molecule has 0 radical (unpaired) electrons. The van der Waals surface area contributed by atoms with Crippen LogP contribution in [0.3, 0.4) is 0 Å². The van der Waals surface area contributed by atoms with E-state index in [1.54, 1.807) is 0 Å². The molecule has 0 unspecified atom stereocenters. The summed E-state index contributed by atoms with van der Waals surface area (Å²) >= 11 is 0. The van der Waals surface area contributed by atoms with E-state index in [1.165, 1.54) is 11.1 Å². The van der Waals surface area contributed by atoms with Crippen LogP contribution < -0.4 is 0 Å². The molecular weight excluding hydrogens is 490 g/mol. The van der Waals surface area contributed by atoms with Gasteiger partial charge >= 0.3 is 0 Å². The van der Waals surface area contributed by atoms with E-state index >= 15 is 0 Å². The van der Waals surface area contributed by atoms with E-state index in [2.05, 4.69) is 103 Å². The second kappa shape index (κ2) is 9.11. The van der Waals surface area contributed by atoms with Gasteiger partial charge in [-0.3, -0.25) is 0 Å². The topological polar surface area (TPSA) is 39.2 Å². The average molecular weight is 514 g/mol. The Labute approximate surface area is 231 Å². The lowest BCUT2D eigenvalue weighted by atomic mass is 9.99. The quantitative estimate of drug-likeness (QED) is 0.235. The molecule has 40 heavy (non-hydrogen) atoms. The van der Waals surface area contributed by atoms with Crippen molar-refractivity contribution < 1.29 is 8.83 Å². The Bertz CT molecular complexity index is 2150. The molecule has 0 saturated carbocycles. The van der Waals surface area contributed by atoms with E-state index in [-0.39, 0.29) is 0 Å². The zero-order chi connectivity index (χ0) is 26.5. The van der Waals surface area contributed by atoms with Gasteiger partial charge in [0.2, 0.25) is 5.89 Å². The van der Waals surface area contributed by atoms with Crippen LogP contribution in [0.4, 0.5) is 0 Å². The standard InChI is InChI=1S/C37H23NO2/c1-2-9-24(10-3-1)27-11-6-12-28(23-27)30-15-8-17-33-36(30)40-37(38-33)26-21-19-25(20-22-26)29-14-7-16-32-31-13-4-5-18-34(31)39-35(29)32/h1-23H. The largest absolute Gasteiger partial charge is 0.455 e. The predicted molar refractivity (Wildman–Crippen MR) is 163 cm³/mol. The van der Waals surface area contributed by atoms with Crippen LogP contribution in [0.5, 0.6) is 0 Å². The fraction of sp³-hybridized carbons (Fsp3) is 0. The van der Waals surface area contributed by atoms with Gasteiger partial charge < -0.3 is 8.83 Å². The molecule has 0 bridgehead atoms. The summed E-state index contributed by atoms with van der Waals surface area (Å²) in [6.45, 7) is 0. The zero-order valence-corrected chi connectivity index (χ0v) is 21.5. The van der Waals surface area contributed by atoms with Gasteiger partial charge in [0, 0.05) is 27.5 Å². The van der Waals surface area contributed by atoms with Gasteiger partial charge in [0.25, 0.3) is 0 Å². The van der Waals surface area contributed by atoms with E-state index in [0.29, 0.717) is 5.89 Å². The van der Waals surface area contributed by atoms with Crippen LogP contribution >= 0.6 is 0 Å². The van der Waals surface area contributed by atoms with Crippen molar-refractivity contribution in [3.63, 3.8) is 0 Å². The molecule has 0 aliphatic rings. The average Bonchev–Trinajstić information content (AvgIpc) is 3.64. The molecule has 3 nitrogen and oxygen atoms in total. The first-order chi connectivity index (χ1) is 19.8. The SMILES string of the molecule is c1ccc(-c2cccc(-c3cccc4nc(-c5ccc(-c6cccc7c6oc6ccccc67)cc5)oc34)c2)cc1. The summed E-state index contributed by atoms with van der Waals surface area (Å²) in [7, 11) is 0. The molecular formula is C37H23NO2. The second-order valence-corrected chi connectivity index (χ2v) is 9.98. The minimum absolute atomic E-state index is 0.607. The van der Waals surface area contributed by atoms with Crippen LogP contribution in [-0.2, 0) is 0 Å². The minimum atomic E-state index is 0.607. The summed E-state index contributed by atoms with van der Waals surface area (Å²) in [5.41, 5.74) is 11.0. The van der Waals surface area contributed by atoms with Gasteiger partial charge in [-0.05, 0) is 52.6 Å². The summed E-state index contributed by atoms with van der Waals surface area (Å²) in [6.07, 6.45) is 0. The maximum atomic E-state index is 6.41. The van der Waals surface area contributed by atoms with Crippen molar-refractivity contribution in [3.05, 3.63) is 140 Å². The lowest BCUT2D eigenvalue weighted by molar-refractivity contribution is 0.621. The van der Waals surface area contributed by atoms with Crippen LogP contribution in [0.15, 0.2) is 148 Å². The van der Waals surface area contributed by atoms with Gasteiger partial charge in [-0.25, -0.2) is 4.98 Å². The number of furan rings is 1. The number of hydrogen-bond donors (Lipinski definition) is 0. The Hall–Kier alpha value is -5.41. The molecule has 0 saturated heterocycles. The van der Waals surface area contributed by atoms with Crippen molar-refractivity contribution in [3.8, 4) is 44.8 Å². The number of oxazole rings is 1. The molecule has 0 aliphatic carbocycles. The monoisotopic (exact) mass is 513 g/mol. The lowest BCUT2D eigenvalue weighted by Gasteiger charge is -2.06. The molecule has 2 aromatic heterocycles. The van der Waals surface area contributed by atoms with E-state index in [9.17, 15) is 0 Å². The van der Waals surface area contributed by atoms with E-state index in [4.69, 9.17) is 13.8 Å². The third-order valence-corrected chi connectivity index (χ3v) is 7.54. The number of nitrogens with zero attached hydrogens (tertiary/aromatic N) is 1. The zero-order valence-electron chi connectivity index (χ0n) is 21.5. The fourth-order valence-corrected chi connectivity index (χ4v) is 5.56. The maximum Gasteiger partial charge on any atom is 0.227 e. The first-order valence-corrected chi connectivity index (χ1v) is 13.4. The Morgan fingerprint density at radius 2 is 1.05 bits per heavy atom. The van der Waals surface area contributed by atoms with Crippen molar-refractivity contribution in [2.75, 3.05) is 0 Å². The van der Waals surface area contributed by atoms with Crippen molar-refractivity contribution in [2.24, 2.45) is 0 Å². The Morgan fingerprint density at radius 1 is 0.400 bits per heavy atom. The van der Waals surface area contributed by atoms with Crippen LogP contribution in [0.25, 0.3) is 77.9 Å². The number of benzene rings is 6. The molecule has 8 rings (SSSR count). The highest BCUT2D eigenvalue weighted by Gasteiger charge is 2.15. The number of hydrogen-bond acceptors (Lipinski definition) is 3. The summed E-state index contributed by atoms with van der Waals surface area (Å²) < 4.78 is 12.7. The molecule has 8 aromatic rings. The number of fused-ring (bicyclic) bond motifs is 4. The van der Waals surface area contributed by atoms with Crippen LogP contribution in [0, 0.1) is 0 Å². The van der Waals surface area contributed by atoms with Gasteiger partial charge in [0.05, 0.1) is 0 Å². The minimum Gasteiger partial charge on any atom is -0.455 e. The van der Waals surface area contributed by atoms with E-state index in [0.717, 1.165) is 60.9 Å². The van der Waals surface area contributed by atoms with E-state index < -0.39 is 0 Å². The van der Waals surface area contributed by atoms with Crippen LogP contribution in [0.2, 0.25) is 0 Å². The Balaban J connectivity index is 1.17. The molecule has 0 fully saturated rings. The Morgan fingerprint density at radius 3 is 1.93 bits per heavy atom. The second-order valence-electron chi connectivity index (χ2n) is 9.98. The van der Waals surface area contributed by atoms with Crippen LogP contribution in [0.1, 0.15) is 0 Å². The van der Waals surface area contributed by atoms with Crippen molar-refractivity contribution in [1.29, 1.82) is 0 Å². The smallest absolute Gasteiger partial charge is 0.227 e. The van der Waals surface area contributed by atoms with Crippen molar-refractivity contribution in [2.45, 2.75) is 0 Å². The summed E-state index contributed by atoms with van der Waals surface area (Å²) in [6, 6.07) is 47.9. The predicted octanol–water partition coefficient (Wildman–Crippen LogP) is 10.4. The first kappa shape index (κ1) is 22.6. The third kappa shape index (κ3) is 3.71. The molecule has 0 spiro atoms. The molecule has 6 aromatic carbocycles. The van der Waals surface area contributed by atoms with Gasteiger partial charge in [-0.1, -0.05) is 109 Å². The van der Waals surface area contributed by atoms with E-state index in [1.807, 2.05) is 36.4 Å². The van der Waals surface area contributed by atoms with Crippen molar-refractivity contribution >= 4 is 33.0 Å². The third-order valence-electron chi connectivity index (χ3n) is 7.54. The van der Waals surface area contributed by atoms with Gasteiger partial charge in [0.1, 0.15) is 16.7 Å². The molecule has 0 amide bonds. The highest BCUT2D eigenvalue weighted by atomic mass is 16.3. The highest BCUT2D eigenvalue weighted by Crippen LogP contribution is 2.37. The molecule has 0 atom stereocenters. The molecule has 0 aliphatic heterocycles. The lowest BCUT2D eigenvalue weighted by Crippen LogP contribution is -1.82. The molecule has 2 heterocycles. The number of para-hydroxylation sites is 3.